The van der Waals surface area contributed by atoms with Crippen molar-refractivity contribution in [3.63, 3.8) is 0 Å². The van der Waals surface area contributed by atoms with Gasteiger partial charge in [0.15, 0.2) is 5.82 Å². The van der Waals surface area contributed by atoms with Crippen LogP contribution >= 0.6 is 11.6 Å². The maximum Gasteiger partial charge on any atom is 0.416 e. The van der Waals surface area contributed by atoms with E-state index < -0.39 is 52.3 Å². The molecule has 0 unspecified atom stereocenters. The number of hydrogen-bond acceptors (Lipinski definition) is 5. The molecule has 12 heteroatoms. The SMILES string of the molecule is O=C([O-])c1cnc(-c2cc(C(F)(F)F)cc(C(F)(F)F)c2)nc1Oc1ccccc1Cl. The van der Waals surface area contributed by atoms with E-state index in [9.17, 15) is 36.2 Å². The van der Waals surface area contributed by atoms with E-state index in [-0.39, 0.29) is 16.8 Å². The first-order chi connectivity index (χ1) is 14.4. The third-order valence-electron chi connectivity index (χ3n) is 3.86. The van der Waals surface area contributed by atoms with Crippen molar-refractivity contribution >= 4 is 17.6 Å². The number of halogens is 7. The number of alkyl halides is 6. The Morgan fingerprint density at radius 3 is 2.06 bits per heavy atom. The predicted octanol–water partition coefficient (Wildman–Crippen LogP) is 4.99. The molecule has 0 aliphatic rings. The van der Waals surface area contributed by atoms with Gasteiger partial charge in [0.25, 0.3) is 0 Å². The number of carboxylic acids is 1. The predicted molar refractivity (Wildman–Crippen MR) is 93.3 cm³/mol. The zero-order chi connectivity index (χ0) is 23.0. The second kappa shape index (κ2) is 8.06. The van der Waals surface area contributed by atoms with Crippen LogP contribution in [-0.2, 0) is 12.4 Å². The zero-order valence-electron chi connectivity index (χ0n) is 14.9. The molecule has 3 rings (SSSR count). The molecule has 0 atom stereocenters. The molecule has 5 nitrogen and oxygen atoms in total. The van der Waals surface area contributed by atoms with Crippen molar-refractivity contribution in [1.82, 2.24) is 9.97 Å². The molecule has 0 fully saturated rings. The molecular formula is C19H8ClF6N2O3-. The van der Waals surface area contributed by atoms with Gasteiger partial charge < -0.3 is 14.6 Å². The topological polar surface area (TPSA) is 75.1 Å². The molecule has 0 aliphatic carbocycles. The minimum atomic E-state index is -5.09. The number of hydrogen-bond donors (Lipinski definition) is 0. The van der Waals surface area contributed by atoms with Crippen LogP contribution in [0.3, 0.4) is 0 Å². The Morgan fingerprint density at radius 2 is 1.55 bits per heavy atom. The number of benzene rings is 2. The minimum absolute atomic E-state index is 0.0467. The van der Waals surface area contributed by atoms with Crippen LogP contribution in [0.25, 0.3) is 11.4 Å². The van der Waals surface area contributed by atoms with E-state index in [1.165, 1.54) is 18.2 Å². The van der Waals surface area contributed by atoms with Gasteiger partial charge in [-0.15, -0.1) is 0 Å². The lowest BCUT2D eigenvalue weighted by Gasteiger charge is -2.15. The van der Waals surface area contributed by atoms with Crippen LogP contribution in [0.15, 0.2) is 48.7 Å². The molecular weight excluding hydrogens is 454 g/mol. The van der Waals surface area contributed by atoms with Gasteiger partial charge in [-0.25, -0.2) is 4.98 Å². The molecule has 31 heavy (non-hydrogen) atoms. The summed E-state index contributed by atoms with van der Waals surface area (Å²) in [5, 5.41) is 11.4. The molecule has 0 amide bonds. The van der Waals surface area contributed by atoms with Gasteiger partial charge in [0.05, 0.1) is 27.7 Å². The number of para-hydroxylation sites is 1. The molecule has 162 valence electrons. The standard InChI is InChI=1S/C19H9ClF6N2O3/c20-13-3-1-2-4-14(13)31-16-12(17(29)30)8-27-15(28-16)9-5-10(18(21,22)23)7-11(6-9)19(24,25)26/h1-8H,(H,29,30)/p-1. The highest BCUT2D eigenvalue weighted by Crippen LogP contribution is 2.38. The van der Waals surface area contributed by atoms with Gasteiger partial charge >= 0.3 is 12.4 Å². The molecule has 0 spiro atoms. The van der Waals surface area contributed by atoms with Crippen molar-refractivity contribution in [1.29, 1.82) is 0 Å². The number of aromatic nitrogens is 2. The van der Waals surface area contributed by atoms with E-state index in [1.54, 1.807) is 6.07 Å². The summed E-state index contributed by atoms with van der Waals surface area (Å²) >= 11 is 5.92. The fraction of sp³-hybridized carbons (Fsp3) is 0.105. The van der Waals surface area contributed by atoms with Crippen molar-refractivity contribution in [2.24, 2.45) is 0 Å². The highest BCUT2D eigenvalue weighted by Gasteiger charge is 2.37. The average molecular weight is 462 g/mol. The van der Waals surface area contributed by atoms with E-state index >= 15 is 0 Å². The fourth-order valence-corrected chi connectivity index (χ4v) is 2.61. The van der Waals surface area contributed by atoms with E-state index in [0.29, 0.717) is 18.3 Å². The number of ether oxygens (including phenoxy) is 1. The molecule has 0 aliphatic heterocycles. The summed E-state index contributed by atoms with van der Waals surface area (Å²) in [6, 6.07) is 6.53. The largest absolute Gasteiger partial charge is 0.545 e. The van der Waals surface area contributed by atoms with Gasteiger partial charge in [-0.1, -0.05) is 23.7 Å². The molecule has 3 aromatic rings. The Kier molecular flexibility index (Phi) is 5.81. The number of carboxylic acid groups (broad SMARTS) is 1. The van der Waals surface area contributed by atoms with Crippen LogP contribution in [-0.4, -0.2) is 15.9 Å². The van der Waals surface area contributed by atoms with E-state index in [0.717, 1.165) is 0 Å². The second-order valence-corrected chi connectivity index (χ2v) is 6.43. The van der Waals surface area contributed by atoms with Crippen molar-refractivity contribution in [3.05, 3.63) is 70.4 Å². The highest BCUT2D eigenvalue weighted by molar-refractivity contribution is 6.32. The summed E-state index contributed by atoms with van der Waals surface area (Å²) in [5.41, 5.74) is -4.51. The van der Waals surface area contributed by atoms with Crippen LogP contribution in [0, 0.1) is 0 Å². The Morgan fingerprint density at radius 1 is 0.968 bits per heavy atom. The maximum absolute atomic E-state index is 13.1. The Hall–Kier alpha value is -3.34. The molecule has 0 saturated carbocycles. The molecule has 0 N–H and O–H groups in total. The number of aromatic carboxylic acids is 1. The number of nitrogens with zero attached hydrogens (tertiary/aromatic N) is 2. The molecule has 0 radical (unpaired) electrons. The van der Waals surface area contributed by atoms with Gasteiger partial charge in [0, 0.05) is 11.8 Å². The van der Waals surface area contributed by atoms with Crippen LogP contribution in [0.5, 0.6) is 11.6 Å². The van der Waals surface area contributed by atoms with Gasteiger partial charge in [0.2, 0.25) is 5.88 Å². The quantitative estimate of drug-likeness (QED) is 0.512. The lowest BCUT2D eigenvalue weighted by Crippen LogP contribution is -2.23. The zero-order valence-corrected chi connectivity index (χ0v) is 15.6. The number of carbonyl (C=O) groups excluding carboxylic acids is 1. The molecule has 0 saturated heterocycles. The Balaban J connectivity index is 2.17. The first-order valence-electron chi connectivity index (χ1n) is 8.17. The van der Waals surface area contributed by atoms with Crippen molar-refractivity contribution in [2.75, 3.05) is 0 Å². The normalized spacial score (nSPS) is 12.0. The molecule has 0 bridgehead atoms. The summed E-state index contributed by atoms with van der Waals surface area (Å²) in [6.07, 6.45) is -9.52. The molecule has 1 heterocycles. The number of carbonyl (C=O) groups is 1. The first-order valence-corrected chi connectivity index (χ1v) is 8.54. The van der Waals surface area contributed by atoms with Gasteiger partial charge in [0.1, 0.15) is 5.75 Å². The van der Waals surface area contributed by atoms with E-state index in [1.807, 2.05) is 0 Å². The Bertz CT molecular complexity index is 1120. The highest BCUT2D eigenvalue weighted by atomic mass is 35.5. The summed E-state index contributed by atoms with van der Waals surface area (Å²) in [6.45, 7) is 0. The minimum Gasteiger partial charge on any atom is -0.545 e. The average Bonchev–Trinajstić information content (AvgIpc) is 2.68. The van der Waals surface area contributed by atoms with Gasteiger partial charge in [-0.2, -0.15) is 31.3 Å². The van der Waals surface area contributed by atoms with Crippen LogP contribution < -0.4 is 9.84 Å². The smallest absolute Gasteiger partial charge is 0.416 e. The van der Waals surface area contributed by atoms with E-state index in [2.05, 4.69) is 9.97 Å². The monoisotopic (exact) mass is 461 g/mol. The molecule has 1 aromatic heterocycles. The van der Waals surface area contributed by atoms with Crippen LogP contribution in [0.1, 0.15) is 21.5 Å². The Labute approximate surface area is 174 Å². The number of rotatable bonds is 4. The third-order valence-corrected chi connectivity index (χ3v) is 4.18. The molecule has 2 aromatic carbocycles. The summed E-state index contributed by atoms with van der Waals surface area (Å²) in [7, 11) is 0. The second-order valence-electron chi connectivity index (χ2n) is 6.03. The van der Waals surface area contributed by atoms with Crippen LogP contribution in [0.4, 0.5) is 26.3 Å². The first kappa shape index (κ1) is 22.3. The third kappa shape index (κ3) is 5.05. The maximum atomic E-state index is 13.1. The fourth-order valence-electron chi connectivity index (χ4n) is 2.44. The van der Waals surface area contributed by atoms with Gasteiger partial charge in [-0.3, -0.25) is 0 Å². The van der Waals surface area contributed by atoms with Gasteiger partial charge in [-0.05, 0) is 30.3 Å². The summed E-state index contributed by atoms with van der Waals surface area (Å²) in [5.74, 6) is -3.15. The lowest BCUT2D eigenvalue weighted by atomic mass is 10.0. The lowest BCUT2D eigenvalue weighted by molar-refractivity contribution is -0.255. The summed E-state index contributed by atoms with van der Waals surface area (Å²) in [4.78, 5) is 18.6. The van der Waals surface area contributed by atoms with E-state index in [4.69, 9.17) is 16.3 Å². The van der Waals surface area contributed by atoms with Crippen molar-refractivity contribution < 1.29 is 41.0 Å². The van der Waals surface area contributed by atoms with Crippen molar-refractivity contribution in [2.45, 2.75) is 12.4 Å². The van der Waals surface area contributed by atoms with Crippen molar-refractivity contribution in [3.8, 4) is 23.0 Å². The van der Waals surface area contributed by atoms with Crippen LogP contribution in [0.2, 0.25) is 5.02 Å². The summed E-state index contributed by atoms with van der Waals surface area (Å²) < 4.78 is 83.9.